The first-order valence-corrected chi connectivity index (χ1v) is 8.46. The zero-order valence-corrected chi connectivity index (χ0v) is 13.9. The van der Waals surface area contributed by atoms with E-state index in [9.17, 15) is 9.59 Å². The van der Waals surface area contributed by atoms with Gasteiger partial charge in [0.1, 0.15) is 5.75 Å². The molecule has 1 aliphatic rings. The van der Waals surface area contributed by atoms with Crippen LogP contribution in [0.2, 0.25) is 0 Å². The number of hydrogen-bond acceptors (Lipinski definition) is 4. The van der Waals surface area contributed by atoms with E-state index in [0.717, 1.165) is 31.2 Å². The van der Waals surface area contributed by atoms with Crippen LogP contribution in [0, 0.1) is 0 Å². The molecule has 2 amide bonds. The minimum atomic E-state index is -0.712. The molecule has 0 bridgehead atoms. The molecule has 1 saturated carbocycles. The highest BCUT2D eigenvalue weighted by Gasteiger charge is 2.20. The second-order valence-corrected chi connectivity index (χ2v) is 6.01. The van der Waals surface area contributed by atoms with Crippen LogP contribution in [-0.4, -0.2) is 22.9 Å². The number of amides is 2. The van der Waals surface area contributed by atoms with E-state index < -0.39 is 11.8 Å². The van der Waals surface area contributed by atoms with Gasteiger partial charge in [0.2, 0.25) is 0 Å². The summed E-state index contributed by atoms with van der Waals surface area (Å²) >= 11 is 0. The predicted octanol–water partition coefficient (Wildman–Crippen LogP) is 2.66. The Kier molecular flexibility index (Phi) is 5.61. The first-order chi connectivity index (χ1) is 12.2. The second kappa shape index (κ2) is 8.28. The maximum absolute atomic E-state index is 12.1. The van der Waals surface area contributed by atoms with Gasteiger partial charge in [0.25, 0.3) is 0 Å². The van der Waals surface area contributed by atoms with Crippen molar-refractivity contribution in [1.82, 2.24) is 10.3 Å². The maximum Gasteiger partial charge on any atom is 0.313 e. The molecule has 0 radical (unpaired) electrons. The van der Waals surface area contributed by atoms with E-state index in [1.807, 2.05) is 12.1 Å². The molecule has 0 saturated heterocycles. The lowest BCUT2D eigenvalue weighted by Crippen LogP contribution is -2.35. The number of carbonyl (C=O) groups excluding carboxylic acids is 2. The molecule has 0 atom stereocenters. The van der Waals surface area contributed by atoms with Gasteiger partial charge in [-0.1, -0.05) is 12.1 Å². The normalized spacial score (nSPS) is 14.1. The Morgan fingerprint density at radius 3 is 2.52 bits per heavy atom. The number of anilines is 1. The minimum absolute atomic E-state index is 0.179. The van der Waals surface area contributed by atoms with E-state index in [2.05, 4.69) is 15.6 Å². The van der Waals surface area contributed by atoms with Crippen LogP contribution in [0.15, 0.2) is 48.8 Å². The first kappa shape index (κ1) is 17.0. The quantitative estimate of drug-likeness (QED) is 0.821. The first-order valence-electron chi connectivity index (χ1n) is 8.46. The van der Waals surface area contributed by atoms with Crippen molar-refractivity contribution >= 4 is 17.5 Å². The molecule has 1 aromatic heterocycles. The number of benzene rings is 1. The Balaban J connectivity index is 1.57. The Morgan fingerprint density at radius 1 is 1.04 bits per heavy atom. The third-order valence-electron chi connectivity index (χ3n) is 4.14. The molecule has 0 unspecified atom stereocenters. The zero-order valence-electron chi connectivity index (χ0n) is 13.9. The maximum atomic E-state index is 12.1. The van der Waals surface area contributed by atoms with E-state index in [4.69, 9.17) is 4.74 Å². The van der Waals surface area contributed by atoms with Gasteiger partial charge in [0.15, 0.2) is 0 Å². The standard InChI is InChI=1S/C19H21N3O3/c23-18(21-13-14-9-11-20-12-10-14)19(24)22-16-7-3-4-8-17(16)25-15-5-1-2-6-15/h3-4,7-12,15H,1-2,5-6,13H2,(H,21,23)(H,22,24). The SMILES string of the molecule is O=C(NCc1ccncc1)C(=O)Nc1ccccc1OC1CCCC1. The van der Waals surface area contributed by atoms with Gasteiger partial charge < -0.3 is 15.4 Å². The van der Waals surface area contributed by atoms with Gasteiger partial charge in [-0.2, -0.15) is 0 Å². The van der Waals surface area contributed by atoms with Crippen molar-refractivity contribution in [2.24, 2.45) is 0 Å². The van der Waals surface area contributed by atoms with Crippen molar-refractivity contribution in [1.29, 1.82) is 0 Å². The molecule has 6 heteroatoms. The summed E-state index contributed by atoms with van der Waals surface area (Å²) in [6.07, 6.45) is 7.83. The number of nitrogens with one attached hydrogen (secondary N) is 2. The molecule has 1 aliphatic carbocycles. The predicted molar refractivity (Wildman–Crippen MR) is 94.0 cm³/mol. The van der Waals surface area contributed by atoms with Crippen LogP contribution < -0.4 is 15.4 Å². The van der Waals surface area contributed by atoms with E-state index in [1.165, 1.54) is 0 Å². The largest absolute Gasteiger partial charge is 0.488 e. The minimum Gasteiger partial charge on any atom is -0.488 e. The highest BCUT2D eigenvalue weighted by Crippen LogP contribution is 2.29. The summed E-state index contributed by atoms with van der Waals surface area (Å²) in [4.78, 5) is 28.0. The summed E-state index contributed by atoms with van der Waals surface area (Å²) in [5.41, 5.74) is 1.39. The molecule has 1 fully saturated rings. The topological polar surface area (TPSA) is 80.3 Å². The van der Waals surface area contributed by atoms with Crippen molar-refractivity contribution in [3.8, 4) is 5.75 Å². The number of hydrogen-bond donors (Lipinski definition) is 2. The Hall–Kier alpha value is -2.89. The summed E-state index contributed by atoms with van der Waals surface area (Å²) in [6.45, 7) is 0.273. The highest BCUT2D eigenvalue weighted by atomic mass is 16.5. The average Bonchev–Trinajstić information content (AvgIpc) is 3.15. The van der Waals surface area contributed by atoms with E-state index in [0.29, 0.717) is 11.4 Å². The lowest BCUT2D eigenvalue weighted by Gasteiger charge is -2.16. The molecule has 2 aromatic rings. The van der Waals surface area contributed by atoms with Crippen LogP contribution in [0.3, 0.4) is 0 Å². The number of aromatic nitrogens is 1. The average molecular weight is 339 g/mol. The monoisotopic (exact) mass is 339 g/mol. The van der Waals surface area contributed by atoms with Gasteiger partial charge >= 0.3 is 11.8 Å². The van der Waals surface area contributed by atoms with Gasteiger partial charge in [0.05, 0.1) is 11.8 Å². The molecule has 0 aliphatic heterocycles. The lowest BCUT2D eigenvalue weighted by molar-refractivity contribution is -0.136. The Labute approximate surface area is 146 Å². The number of ether oxygens (including phenoxy) is 1. The van der Waals surface area contributed by atoms with Crippen LogP contribution in [-0.2, 0) is 16.1 Å². The van der Waals surface area contributed by atoms with Gasteiger partial charge in [-0.3, -0.25) is 14.6 Å². The Morgan fingerprint density at radius 2 is 1.76 bits per heavy atom. The Bertz CT molecular complexity index is 728. The number of nitrogens with zero attached hydrogens (tertiary/aromatic N) is 1. The van der Waals surface area contributed by atoms with Gasteiger partial charge in [0, 0.05) is 18.9 Å². The molecule has 2 N–H and O–H groups in total. The lowest BCUT2D eigenvalue weighted by atomic mass is 10.2. The fourth-order valence-electron chi connectivity index (χ4n) is 2.80. The number of carbonyl (C=O) groups is 2. The van der Waals surface area contributed by atoms with E-state index >= 15 is 0 Å². The molecule has 1 heterocycles. The molecule has 3 rings (SSSR count). The van der Waals surface area contributed by atoms with Crippen LogP contribution in [0.5, 0.6) is 5.75 Å². The third-order valence-corrected chi connectivity index (χ3v) is 4.14. The van der Waals surface area contributed by atoms with Crippen molar-refractivity contribution in [2.75, 3.05) is 5.32 Å². The molecule has 25 heavy (non-hydrogen) atoms. The highest BCUT2D eigenvalue weighted by molar-refractivity contribution is 6.39. The van der Waals surface area contributed by atoms with Crippen LogP contribution in [0.4, 0.5) is 5.69 Å². The molecule has 1 aromatic carbocycles. The van der Waals surface area contributed by atoms with Crippen molar-refractivity contribution < 1.29 is 14.3 Å². The summed E-state index contributed by atoms with van der Waals surface area (Å²) in [5.74, 6) is -0.798. The summed E-state index contributed by atoms with van der Waals surface area (Å²) in [6, 6.07) is 10.8. The van der Waals surface area contributed by atoms with E-state index in [-0.39, 0.29) is 12.6 Å². The second-order valence-electron chi connectivity index (χ2n) is 6.01. The van der Waals surface area contributed by atoms with Gasteiger partial charge in [-0.25, -0.2) is 0 Å². The molecular weight excluding hydrogens is 318 g/mol. The molecular formula is C19H21N3O3. The van der Waals surface area contributed by atoms with Crippen LogP contribution in [0.1, 0.15) is 31.2 Å². The summed E-state index contributed by atoms with van der Waals surface area (Å²) in [5, 5.41) is 5.22. The molecule has 0 spiro atoms. The molecule has 6 nitrogen and oxygen atoms in total. The third kappa shape index (κ3) is 4.79. The van der Waals surface area contributed by atoms with Crippen LogP contribution >= 0.6 is 0 Å². The number of rotatable bonds is 5. The van der Waals surface area contributed by atoms with Gasteiger partial charge in [-0.15, -0.1) is 0 Å². The van der Waals surface area contributed by atoms with Gasteiger partial charge in [-0.05, 0) is 55.5 Å². The van der Waals surface area contributed by atoms with Crippen molar-refractivity contribution in [3.63, 3.8) is 0 Å². The fourth-order valence-corrected chi connectivity index (χ4v) is 2.80. The molecule has 130 valence electrons. The van der Waals surface area contributed by atoms with Crippen molar-refractivity contribution in [3.05, 3.63) is 54.4 Å². The smallest absolute Gasteiger partial charge is 0.313 e. The number of pyridine rings is 1. The van der Waals surface area contributed by atoms with Crippen LogP contribution in [0.25, 0.3) is 0 Å². The fraction of sp³-hybridized carbons (Fsp3) is 0.316. The zero-order chi connectivity index (χ0) is 17.5. The number of para-hydroxylation sites is 2. The van der Waals surface area contributed by atoms with Crippen molar-refractivity contribution in [2.45, 2.75) is 38.3 Å². The van der Waals surface area contributed by atoms with E-state index in [1.54, 1.807) is 36.7 Å². The summed E-state index contributed by atoms with van der Waals surface area (Å²) in [7, 11) is 0. The summed E-state index contributed by atoms with van der Waals surface area (Å²) < 4.78 is 5.96.